The molecule has 15 heteroatoms. The Labute approximate surface area is 230 Å². The Morgan fingerprint density at radius 1 is 1.15 bits per heavy atom. The molecule has 1 unspecified atom stereocenters. The van der Waals surface area contributed by atoms with Crippen molar-refractivity contribution in [3.63, 3.8) is 0 Å². The maximum atomic E-state index is 12.7. The number of piperazine rings is 1. The van der Waals surface area contributed by atoms with Gasteiger partial charge in [-0.2, -0.15) is 4.72 Å². The number of nitrogens with two attached hydrogens (primary N) is 1. The number of ether oxygens (including phenoxy) is 1. The van der Waals surface area contributed by atoms with E-state index in [-0.39, 0.29) is 49.4 Å². The van der Waals surface area contributed by atoms with Crippen LogP contribution >= 0.6 is 11.6 Å². The van der Waals surface area contributed by atoms with Crippen LogP contribution in [0.15, 0.2) is 58.6 Å². The van der Waals surface area contributed by atoms with Gasteiger partial charge in [0.1, 0.15) is 6.04 Å². The molecular weight excluding hydrogens is 552 g/mol. The number of amides is 2. The number of benzene rings is 2. The third kappa shape index (κ3) is 8.05. The van der Waals surface area contributed by atoms with Crippen LogP contribution in [0.2, 0.25) is 5.02 Å². The van der Waals surface area contributed by atoms with E-state index in [9.17, 15) is 22.8 Å². The van der Waals surface area contributed by atoms with Crippen LogP contribution in [0.25, 0.3) is 0 Å². The Bertz CT molecular complexity index is 1320. The van der Waals surface area contributed by atoms with Gasteiger partial charge in [-0.1, -0.05) is 16.8 Å². The molecule has 0 radical (unpaired) electrons. The van der Waals surface area contributed by atoms with E-state index in [2.05, 4.69) is 15.2 Å². The zero-order chi connectivity index (χ0) is 28.6. The number of esters is 1. The first-order chi connectivity index (χ1) is 18.5. The van der Waals surface area contributed by atoms with Gasteiger partial charge in [-0.25, -0.2) is 8.42 Å². The van der Waals surface area contributed by atoms with E-state index in [0.29, 0.717) is 17.1 Å². The molecule has 0 spiro atoms. The van der Waals surface area contributed by atoms with E-state index in [1.165, 1.54) is 29.2 Å². The number of nitrogens with one attached hydrogen (secondary N) is 2. The van der Waals surface area contributed by atoms with Crippen LogP contribution in [-0.4, -0.2) is 87.5 Å². The molecule has 2 amide bonds. The van der Waals surface area contributed by atoms with E-state index >= 15 is 0 Å². The van der Waals surface area contributed by atoms with E-state index in [1.807, 2.05) is 4.90 Å². The Morgan fingerprint density at radius 2 is 1.82 bits per heavy atom. The van der Waals surface area contributed by atoms with Crippen molar-refractivity contribution in [3.8, 4) is 0 Å². The van der Waals surface area contributed by atoms with Gasteiger partial charge in [-0.05, 0) is 55.5 Å². The fraction of sp³-hybridized carbons (Fsp3) is 0.333. The second-order valence-corrected chi connectivity index (χ2v) is 10.6. The Hall–Kier alpha value is -3.88. The minimum absolute atomic E-state index is 0.00979. The number of amidine groups is 1. The monoisotopic (exact) mass is 580 g/mol. The van der Waals surface area contributed by atoms with Crippen molar-refractivity contribution in [2.75, 3.05) is 44.2 Å². The van der Waals surface area contributed by atoms with Crippen molar-refractivity contribution in [1.82, 2.24) is 14.9 Å². The minimum Gasteiger partial charge on any atom is -0.465 e. The highest BCUT2D eigenvalue weighted by atomic mass is 35.5. The van der Waals surface area contributed by atoms with Crippen LogP contribution in [0.3, 0.4) is 0 Å². The number of carbonyl (C=O) groups excluding carboxylic acids is 3. The quantitative estimate of drug-likeness (QED) is 0.0941. The van der Waals surface area contributed by atoms with Crippen LogP contribution in [-0.2, 0) is 29.1 Å². The van der Waals surface area contributed by atoms with Gasteiger partial charge >= 0.3 is 5.97 Å². The molecule has 1 aliphatic rings. The smallest absolute Gasteiger partial charge is 0.326 e. The number of anilines is 1. The van der Waals surface area contributed by atoms with Crippen molar-refractivity contribution in [2.45, 2.75) is 17.9 Å². The van der Waals surface area contributed by atoms with Gasteiger partial charge in [-0.15, -0.1) is 0 Å². The zero-order valence-electron chi connectivity index (χ0n) is 21.0. The van der Waals surface area contributed by atoms with Gasteiger partial charge < -0.3 is 30.8 Å². The summed E-state index contributed by atoms with van der Waals surface area (Å²) in [6.45, 7) is 1.67. The molecule has 210 valence electrons. The summed E-state index contributed by atoms with van der Waals surface area (Å²) < 4.78 is 32.6. The number of rotatable bonds is 11. The Balaban J connectivity index is 1.56. The summed E-state index contributed by atoms with van der Waals surface area (Å²) in [5.41, 5.74) is 6.85. The molecule has 1 aliphatic heterocycles. The van der Waals surface area contributed by atoms with Gasteiger partial charge in [0.05, 0.1) is 24.6 Å². The molecule has 39 heavy (non-hydrogen) atoms. The molecule has 0 aromatic heterocycles. The predicted molar refractivity (Wildman–Crippen MR) is 143 cm³/mol. The van der Waals surface area contributed by atoms with E-state index in [4.69, 9.17) is 27.3 Å². The van der Waals surface area contributed by atoms with Gasteiger partial charge in [0.15, 0.2) is 5.84 Å². The van der Waals surface area contributed by atoms with E-state index in [1.54, 1.807) is 31.2 Å². The number of nitrogens with zero attached hydrogens (tertiary/aromatic N) is 3. The molecule has 0 aliphatic carbocycles. The first-order valence-corrected chi connectivity index (χ1v) is 13.7. The van der Waals surface area contributed by atoms with Crippen molar-refractivity contribution in [3.05, 3.63) is 59.1 Å². The maximum Gasteiger partial charge on any atom is 0.326 e. The summed E-state index contributed by atoms with van der Waals surface area (Å²) in [7, 11) is -4.12. The van der Waals surface area contributed by atoms with E-state index in [0.717, 1.165) is 5.69 Å². The van der Waals surface area contributed by atoms with Crippen molar-refractivity contribution >= 4 is 50.9 Å². The first kappa shape index (κ1) is 29.7. The molecule has 1 heterocycles. The summed E-state index contributed by atoms with van der Waals surface area (Å²) in [5, 5.41) is 14.6. The third-order valence-electron chi connectivity index (χ3n) is 5.78. The summed E-state index contributed by atoms with van der Waals surface area (Å²) in [5.74, 6) is -1.75. The summed E-state index contributed by atoms with van der Waals surface area (Å²) in [6.07, 6.45) is 0. The number of hydrogen-bond acceptors (Lipinski definition) is 9. The average Bonchev–Trinajstić information content (AvgIpc) is 2.92. The molecule has 2 aromatic rings. The molecule has 0 bridgehead atoms. The summed E-state index contributed by atoms with van der Waals surface area (Å²) >= 11 is 5.81. The fourth-order valence-electron chi connectivity index (χ4n) is 3.73. The van der Waals surface area contributed by atoms with Gasteiger partial charge in [0, 0.05) is 35.9 Å². The normalized spacial score (nSPS) is 15.1. The largest absolute Gasteiger partial charge is 0.465 e. The summed E-state index contributed by atoms with van der Waals surface area (Å²) in [4.78, 5) is 40.8. The average molecular weight is 581 g/mol. The van der Waals surface area contributed by atoms with Gasteiger partial charge in [0.25, 0.3) is 0 Å². The Kier molecular flexibility index (Phi) is 10.1. The van der Waals surface area contributed by atoms with Crippen LogP contribution in [0.4, 0.5) is 5.69 Å². The van der Waals surface area contributed by atoms with Crippen molar-refractivity contribution in [1.29, 1.82) is 0 Å². The number of sulfonamides is 1. The topological polar surface area (TPSA) is 184 Å². The molecular formula is C24H29ClN6O7S. The highest BCUT2D eigenvalue weighted by molar-refractivity contribution is 7.89. The van der Waals surface area contributed by atoms with Gasteiger partial charge in [-0.3, -0.25) is 14.4 Å². The standard InChI is InChI=1S/C24H29ClN6O7S/c1-2-38-24(34)20(29-39(36,37)19-9-5-17(25)6-10-19)13-27-21(32)14-31-12-11-30(15-22(31)33)18-7-3-16(4-8-18)23(26)28-35/h3-10,20,29,35H,2,11-15H2,1H3,(H2,26,28)(H,27,32). The number of carbonyl (C=O) groups is 3. The summed E-state index contributed by atoms with van der Waals surface area (Å²) in [6, 6.07) is 10.8. The van der Waals surface area contributed by atoms with Gasteiger partial charge in [0.2, 0.25) is 21.8 Å². The third-order valence-corrected chi connectivity index (χ3v) is 7.52. The number of halogens is 1. The molecule has 5 N–H and O–H groups in total. The molecule has 2 aromatic carbocycles. The highest BCUT2D eigenvalue weighted by Crippen LogP contribution is 2.18. The molecule has 1 saturated heterocycles. The highest BCUT2D eigenvalue weighted by Gasteiger charge is 2.29. The molecule has 3 rings (SSSR count). The first-order valence-electron chi connectivity index (χ1n) is 11.9. The maximum absolute atomic E-state index is 12.7. The second-order valence-electron chi connectivity index (χ2n) is 8.45. The Morgan fingerprint density at radius 3 is 2.41 bits per heavy atom. The minimum atomic E-state index is -4.12. The lowest BCUT2D eigenvalue weighted by Gasteiger charge is -2.35. The van der Waals surface area contributed by atoms with Crippen LogP contribution in [0.5, 0.6) is 0 Å². The van der Waals surface area contributed by atoms with E-state index < -0.39 is 27.9 Å². The van der Waals surface area contributed by atoms with Crippen molar-refractivity contribution in [2.24, 2.45) is 10.9 Å². The SMILES string of the molecule is CCOC(=O)C(CNC(=O)CN1CCN(c2ccc(/C(N)=N\O)cc2)CC1=O)NS(=O)(=O)c1ccc(Cl)cc1. The molecule has 13 nitrogen and oxygen atoms in total. The number of oxime groups is 1. The second kappa shape index (κ2) is 13.3. The lowest BCUT2D eigenvalue weighted by Crippen LogP contribution is -2.54. The lowest BCUT2D eigenvalue weighted by atomic mass is 10.1. The van der Waals surface area contributed by atoms with Crippen LogP contribution < -0.4 is 20.7 Å². The number of hydrogen-bond donors (Lipinski definition) is 4. The molecule has 0 saturated carbocycles. The zero-order valence-corrected chi connectivity index (χ0v) is 22.6. The fourth-order valence-corrected chi connectivity index (χ4v) is 5.04. The predicted octanol–water partition coefficient (Wildman–Crippen LogP) is 0.110. The van der Waals surface area contributed by atoms with Crippen LogP contribution in [0, 0.1) is 0 Å². The van der Waals surface area contributed by atoms with Crippen molar-refractivity contribution < 1.29 is 32.7 Å². The lowest BCUT2D eigenvalue weighted by molar-refractivity contribution is -0.145. The molecule has 1 atom stereocenters. The van der Waals surface area contributed by atoms with Crippen LogP contribution in [0.1, 0.15) is 12.5 Å². The molecule has 1 fully saturated rings.